The molecule has 2 aliphatic heterocycles. The molecule has 1 atom stereocenters. The number of rotatable bonds is 8. The lowest BCUT2D eigenvalue weighted by atomic mass is 9.95. The number of tetrazole rings is 1. The Kier molecular flexibility index (Phi) is 6.38. The van der Waals surface area contributed by atoms with Crippen LogP contribution in [0.25, 0.3) is 0 Å². The van der Waals surface area contributed by atoms with Crippen LogP contribution < -0.4 is 9.47 Å². The number of amides is 1. The molecule has 31 heavy (non-hydrogen) atoms. The highest BCUT2D eigenvalue weighted by Crippen LogP contribution is 2.40. The zero-order valence-corrected chi connectivity index (χ0v) is 18.4. The SMILES string of the molecule is COCCn1nnnc1[C@]1(N2CCCC2)CCN(C(=O)c2ccc(OC)cc2OC)C1. The zero-order chi connectivity index (χ0) is 21.8. The van der Waals surface area contributed by atoms with E-state index in [1.54, 1.807) is 39.5 Å². The van der Waals surface area contributed by atoms with Gasteiger partial charge in [-0.2, -0.15) is 0 Å². The van der Waals surface area contributed by atoms with Crippen LogP contribution >= 0.6 is 0 Å². The van der Waals surface area contributed by atoms with E-state index in [-0.39, 0.29) is 5.91 Å². The Labute approximate surface area is 182 Å². The molecular weight excluding hydrogens is 400 g/mol. The molecule has 168 valence electrons. The van der Waals surface area contributed by atoms with Gasteiger partial charge in [-0.15, -0.1) is 5.10 Å². The Hall–Kier alpha value is -2.72. The van der Waals surface area contributed by atoms with Crippen LogP contribution in [0.15, 0.2) is 18.2 Å². The minimum atomic E-state index is -0.400. The van der Waals surface area contributed by atoms with Gasteiger partial charge in [0, 0.05) is 26.3 Å². The number of methoxy groups -OCH3 is 3. The number of hydrogen-bond acceptors (Lipinski definition) is 8. The lowest BCUT2D eigenvalue weighted by Gasteiger charge is -2.37. The first kappa shape index (κ1) is 21.5. The van der Waals surface area contributed by atoms with Crippen LogP contribution in [-0.2, 0) is 16.8 Å². The van der Waals surface area contributed by atoms with Gasteiger partial charge in [-0.1, -0.05) is 0 Å². The van der Waals surface area contributed by atoms with Crippen molar-refractivity contribution in [2.24, 2.45) is 0 Å². The normalized spacial score (nSPS) is 21.6. The standard InChI is InChI=1S/C21H30N6O4/c1-29-13-12-27-20(22-23-24-27)21(26-9-4-5-10-26)8-11-25(15-21)19(28)17-7-6-16(30-2)14-18(17)31-3/h6-7,14H,4-5,8-13,15H2,1-3H3/t21-/m0/s1. The summed E-state index contributed by atoms with van der Waals surface area (Å²) < 4.78 is 17.8. The first-order valence-corrected chi connectivity index (χ1v) is 10.6. The van der Waals surface area contributed by atoms with Crippen LogP contribution in [-0.4, -0.2) is 90.0 Å². The number of aromatic nitrogens is 4. The van der Waals surface area contributed by atoms with Gasteiger partial charge >= 0.3 is 0 Å². The molecule has 0 radical (unpaired) electrons. The second-order valence-electron chi connectivity index (χ2n) is 7.99. The number of likely N-dealkylation sites (tertiary alicyclic amines) is 2. The van der Waals surface area contributed by atoms with E-state index in [1.807, 2.05) is 9.58 Å². The fourth-order valence-corrected chi connectivity index (χ4v) is 4.71. The first-order valence-electron chi connectivity index (χ1n) is 10.6. The molecule has 4 rings (SSSR count). The predicted molar refractivity (Wildman–Crippen MR) is 112 cm³/mol. The Bertz CT molecular complexity index is 913. The summed E-state index contributed by atoms with van der Waals surface area (Å²) in [6.07, 6.45) is 3.06. The summed E-state index contributed by atoms with van der Waals surface area (Å²) in [5.41, 5.74) is 0.128. The number of ether oxygens (including phenoxy) is 3. The van der Waals surface area contributed by atoms with Gasteiger partial charge in [0.1, 0.15) is 17.0 Å². The maximum Gasteiger partial charge on any atom is 0.257 e. The molecule has 0 N–H and O–H groups in total. The molecular formula is C21H30N6O4. The molecule has 1 amide bonds. The molecule has 1 aromatic heterocycles. The second-order valence-corrected chi connectivity index (χ2v) is 7.99. The second kappa shape index (κ2) is 9.19. The average Bonchev–Trinajstić information content (AvgIpc) is 3.57. The summed E-state index contributed by atoms with van der Waals surface area (Å²) in [4.78, 5) is 17.8. The largest absolute Gasteiger partial charge is 0.497 e. The molecule has 2 aliphatic rings. The van der Waals surface area contributed by atoms with E-state index in [2.05, 4.69) is 20.4 Å². The van der Waals surface area contributed by atoms with Crippen LogP contribution in [0, 0.1) is 0 Å². The van der Waals surface area contributed by atoms with Crippen molar-refractivity contribution in [1.82, 2.24) is 30.0 Å². The average molecular weight is 431 g/mol. The Morgan fingerprint density at radius 3 is 2.65 bits per heavy atom. The third-order valence-electron chi connectivity index (χ3n) is 6.34. The highest BCUT2D eigenvalue weighted by atomic mass is 16.5. The molecule has 0 unspecified atom stereocenters. The Balaban J connectivity index is 1.64. The minimum absolute atomic E-state index is 0.0588. The van der Waals surface area contributed by atoms with Crippen molar-refractivity contribution in [2.45, 2.75) is 31.3 Å². The smallest absolute Gasteiger partial charge is 0.257 e. The minimum Gasteiger partial charge on any atom is -0.497 e. The molecule has 2 aromatic rings. The summed E-state index contributed by atoms with van der Waals surface area (Å²) in [5, 5.41) is 12.6. The van der Waals surface area contributed by atoms with Crippen LogP contribution in [0.4, 0.5) is 0 Å². The quantitative estimate of drug-likeness (QED) is 0.616. The highest BCUT2D eigenvalue weighted by molar-refractivity contribution is 5.97. The number of carbonyl (C=O) groups is 1. The number of benzene rings is 1. The third-order valence-corrected chi connectivity index (χ3v) is 6.34. The van der Waals surface area contributed by atoms with Crippen molar-refractivity contribution in [3.8, 4) is 11.5 Å². The van der Waals surface area contributed by atoms with Gasteiger partial charge in [0.15, 0.2) is 5.82 Å². The van der Waals surface area contributed by atoms with E-state index in [1.165, 1.54) is 0 Å². The van der Waals surface area contributed by atoms with Crippen molar-refractivity contribution in [3.63, 3.8) is 0 Å². The maximum absolute atomic E-state index is 13.5. The van der Waals surface area contributed by atoms with E-state index in [4.69, 9.17) is 14.2 Å². The van der Waals surface area contributed by atoms with Crippen molar-refractivity contribution in [2.75, 3.05) is 54.1 Å². The molecule has 0 saturated carbocycles. The molecule has 1 aromatic carbocycles. The molecule has 10 nitrogen and oxygen atoms in total. The third kappa shape index (κ3) is 3.97. The Morgan fingerprint density at radius 1 is 1.13 bits per heavy atom. The maximum atomic E-state index is 13.5. The van der Waals surface area contributed by atoms with Gasteiger partial charge in [0.2, 0.25) is 0 Å². The molecule has 10 heteroatoms. The monoisotopic (exact) mass is 430 g/mol. The lowest BCUT2D eigenvalue weighted by molar-refractivity contribution is 0.0695. The van der Waals surface area contributed by atoms with Gasteiger partial charge in [0.25, 0.3) is 5.91 Å². The van der Waals surface area contributed by atoms with Crippen molar-refractivity contribution in [3.05, 3.63) is 29.6 Å². The fraction of sp³-hybridized carbons (Fsp3) is 0.619. The predicted octanol–water partition coefficient (Wildman–Crippen LogP) is 1.17. The summed E-state index contributed by atoms with van der Waals surface area (Å²) in [6, 6.07) is 5.28. The van der Waals surface area contributed by atoms with Gasteiger partial charge in [-0.05, 0) is 54.9 Å². The van der Waals surface area contributed by atoms with E-state index < -0.39 is 5.54 Å². The van der Waals surface area contributed by atoms with E-state index in [0.717, 1.165) is 38.2 Å². The first-order chi connectivity index (χ1) is 15.1. The lowest BCUT2D eigenvalue weighted by Crippen LogP contribution is -2.49. The molecule has 0 aliphatic carbocycles. The van der Waals surface area contributed by atoms with Crippen LogP contribution in [0.1, 0.15) is 35.4 Å². The van der Waals surface area contributed by atoms with Crippen molar-refractivity contribution >= 4 is 5.91 Å². The molecule has 2 fully saturated rings. The molecule has 0 spiro atoms. The van der Waals surface area contributed by atoms with E-state index in [9.17, 15) is 4.79 Å². The zero-order valence-electron chi connectivity index (χ0n) is 18.4. The van der Waals surface area contributed by atoms with Gasteiger partial charge < -0.3 is 19.1 Å². The van der Waals surface area contributed by atoms with Crippen molar-refractivity contribution < 1.29 is 19.0 Å². The van der Waals surface area contributed by atoms with Gasteiger partial charge in [0.05, 0.1) is 32.9 Å². The molecule has 3 heterocycles. The topological polar surface area (TPSA) is 94.8 Å². The number of nitrogens with zero attached hydrogens (tertiary/aromatic N) is 6. The van der Waals surface area contributed by atoms with E-state index in [0.29, 0.717) is 43.3 Å². The highest BCUT2D eigenvalue weighted by Gasteiger charge is 2.50. The fourth-order valence-electron chi connectivity index (χ4n) is 4.71. The molecule has 2 saturated heterocycles. The number of hydrogen-bond donors (Lipinski definition) is 0. The van der Waals surface area contributed by atoms with Gasteiger partial charge in [-0.25, -0.2) is 4.68 Å². The Morgan fingerprint density at radius 2 is 1.94 bits per heavy atom. The summed E-state index contributed by atoms with van der Waals surface area (Å²) in [7, 11) is 4.82. The van der Waals surface area contributed by atoms with E-state index >= 15 is 0 Å². The van der Waals surface area contributed by atoms with Gasteiger partial charge in [-0.3, -0.25) is 9.69 Å². The summed E-state index contributed by atoms with van der Waals surface area (Å²) in [6.45, 7) is 4.22. The van der Waals surface area contributed by atoms with Crippen molar-refractivity contribution in [1.29, 1.82) is 0 Å². The summed E-state index contributed by atoms with van der Waals surface area (Å²) >= 11 is 0. The molecule has 0 bridgehead atoms. The number of carbonyl (C=O) groups excluding carboxylic acids is 1. The van der Waals surface area contributed by atoms with Crippen LogP contribution in [0.5, 0.6) is 11.5 Å². The van der Waals surface area contributed by atoms with Crippen LogP contribution in [0.3, 0.4) is 0 Å². The summed E-state index contributed by atoms with van der Waals surface area (Å²) in [5.74, 6) is 1.91. The van der Waals surface area contributed by atoms with Crippen LogP contribution in [0.2, 0.25) is 0 Å².